The zero-order chi connectivity index (χ0) is 16.1. The van der Waals surface area contributed by atoms with Crippen molar-refractivity contribution in [2.24, 2.45) is 5.41 Å². The third-order valence-electron chi connectivity index (χ3n) is 5.28. The van der Waals surface area contributed by atoms with Crippen LogP contribution in [0.1, 0.15) is 51.4 Å². The number of carbonyl (C=O) groups excluding carboxylic acids is 1. The molecular formula is C16H30N2O3S. The summed E-state index contributed by atoms with van der Waals surface area (Å²) in [6.07, 6.45) is 10.9. The third kappa shape index (κ3) is 5.88. The molecule has 0 radical (unpaired) electrons. The lowest BCUT2D eigenvalue weighted by Crippen LogP contribution is -2.44. The van der Waals surface area contributed by atoms with Gasteiger partial charge in [0.2, 0.25) is 5.91 Å². The van der Waals surface area contributed by atoms with Crippen molar-refractivity contribution in [2.45, 2.75) is 51.4 Å². The molecule has 1 amide bonds. The van der Waals surface area contributed by atoms with Crippen molar-refractivity contribution in [1.29, 1.82) is 0 Å². The molecule has 2 rings (SSSR count). The Morgan fingerprint density at radius 2 is 1.73 bits per heavy atom. The molecule has 0 aromatic carbocycles. The van der Waals surface area contributed by atoms with Gasteiger partial charge < -0.3 is 10.2 Å². The minimum absolute atomic E-state index is 0.0644. The molecule has 6 heteroatoms. The van der Waals surface area contributed by atoms with Gasteiger partial charge in [0.1, 0.15) is 9.84 Å². The summed E-state index contributed by atoms with van der Waals surface area (Å²) in [5.74, 6) is -0.225. The number of carbonyl (C=O) groups is 1. The number of piperidine rings is 1. The van der Waals surface area contributed by atoms with E-state index in [2.05, 4.69) is 10.2 Å². The molecule has 2 aliphatic rings. The Hall–Kier alpha value is -0.620. The molecule has 1 saturated carbocycles. The van der Waals surface area contributed by atoms with Crippen molar-refractivity contribution in [3.8, 4) is 0 Å². The molecule has 5 nitrogen and oxygen atoms in total. The predicted octanol–water partition coefficient (Wildman–Crippen LogP) is 1.58. The van der Waals surface area contributed by atoms with Gasteiger partial charge in [-0.15, -0.1) is 0 Å². The molecular weight excluding hydrogens is 300 g/mol. The lowest BCUT2D eigenvalue weighted by Gasteiger charge is -2.44. The van der Waals surface area contributed by atoms with E-state index in [-0.39, 0.29) is 18.1 Å². The van der Waals surface area contributed by atoms with E-state index in [4.69, 9.17) is 0 Å². The van der Waals surface area contributed by atoms with Crippen LogP contribution >= 0.6 is 0 Å². The molecule has 1 N–H and O–H groups in total. The molecule has 0 bridgehead atoms. The maximum absolute atomic E-state index is 11.6. The van der Waals surface area contributed by atoms with Gasteiger partial charge in [-0.05, 0) is 44.2 Å². The first-order valence-corrected chi connectivity index (χ1v) is 10.6. The van der Waals surface area contributed by atoms with E-state index in [0.29, 0.717) is 12.0 Å². The van der Waals surface area contributed by atoms with Gasteiger partial charge in [-0.2, -0.15) is 0 Å². The summed E-state index contributed by atoms with van der Waals surface area (Å²) in [5.41, 5.74) is 0.619. The quantitative estimate of drug-likeness (QED) is 0.803. The normalized spacial score (nSPS) is 22.6. The summed E-state index contributed by atoms with van der Waals surface area (Å²) in [6, 6.07) is 0. The van der Waals surface area contributed by atoms with Crippen molar-refractivity contribution in [3.63, 3.8) is 0 Å². The number of hydrogen-bond acceptors (Lipinski definition) is 4. The Labute approximate surface area is 134 Å². The van der Waals surface area contributed by atoms with E-state index in [0.717, 1.165) is 25.9 Å². The highest BCUT2D eigenvalue weighted by molar-refractivity contribution is 7.90. The fourth-order valence-electron chi connectivity index (χ4n) is 3.77. The van der Waals surface area contributed by atoms with Gasteiger partial charge in [0.05, 0.1) is 5.75 Å². The maximum atomic E-state index is 11.6. The van der Waals surface area contributed by atoms with Gasteiger partial charge in [-0.1, -0.05) is 19.3 Å². The summed E-state index contributed by atoms with van der Waals surface area (Å²) < 4.78 is 22.0. The van der Waals surface area contributed by atoms with Crippen molar-refractivity contribution >= 4 is 15.7 Å². The second-order valence-corrected chi connectivity index (χ2v) is 9.39. The second kappa shape index (κ2) is 7.77. The molecule has 1 heterocycles. The van der Waals surface area contributed by atoms with E-state index in [1.807, 2.05) is 0 Å². The van der Waals surface area contributed by atoms with Gasteiger partial charge in [-0.3, -0.25) is 4.79 Å². The number of amides is 1. The average molecular weight is 330 g/mol. The van der Waals surface area contributed by atoms with Crippen LogP contribution in [0.2, 0.25) is 0 Å². The fraction of sp³-hybridized carbons (Fsp3) is 0.938. The highest BCUT2D eigenvalue weighted by Gasteiger charge is 2.35. The van der Waals surface area contributed by atoms with Crippen LogP contribution < -0.4 is 5.32 Å². The summed E-state index contributed by atoms with van der Waals surface area (Å²) in [7, 11) is -3.05. The SMILES string of the molecule is CS(=O)(=O)CCC(=O)NCCN1CCC2(CCCCC2)CC1. The van der Waals surface area contributed by atoms with Gasteiger partial charge in [0.15, 0.2) is 0 Å². The van der Waals surface area contributed by atoms with Crippen LogP contribution in [0.3, 0.4) is 0 Å². The molecule has 22 heavy (non-hydrogen) atoms. The predicted molar refractivity (Wildman–Crippen MR) is 88.5 cm³/mol. The molecule has 2 fully saturated rings. The van der Waals surface area contributed by atoms with Crippen molar-refractivity contribution in [2.75, 3.05) is 38.2 Å². The summed E-state index contributed by atoms with van der Waals surface area (Å²) in [6.45, 7) is 3.77. The standard InChI is InChI=1S/C16H30N2O3S/c1-22(20,21)14-5-15(19)17-10-13-18-11-8-16(9-12-18)6-3-2-4-7-16/h2-14H2,1H3,(H,17,19). The molecule has 0 aromatic heterocycles. The van der Waals surface area contributed by atoms with E-state index >= 15 is 0 Å². The van der Waals surface area contributed by atoms with Gasteiger partial charge in [0, 0.05) is 25.8 Å². The van der Waals surface area contributed by atoms with E-state index in [1.165, 1.54) is 44.9 Å². The highest BCUT2D eigenvalue weighted by Crippen LogP contribution is 2.44. The zero-order valence-corrected chi connectivity index (χ0v) is 14.6. The summed E-state index contributed by atoms with van der Waals surface area (Å²) >= 11 is 0. The minimum Gasteiger partial charge on any atom is -0.355 e. The molecule has 1 aliphatic carbocycles. The average Bonchev–Trinajstić information content (AvgIpc) is 2.48. The number of sulfone groups is 1. The number of nitrogens with zero attached hydrogens (tertiary/aromatic N) is 1. The molecule has 128 valence electrons. The number of likely N-dealkylation sites (tertiary alicyclic amines) is 1. The van der Waals surface area contributed by atoms with Gasteiger partial charge >= 0.3 is 0 Å². The van der Waals surface area contributed by atoms with E-state index < -0.39 is 9.84 Å². The van der Waals surface area contributed by atoms with Crippen molar-refractivity contribution in [3.05, 3.63) is 0 Å². The molecule has 1 saturated heterocycles. The smallest absolute Gasteiger partial charge is 0.221 e. The Morgan fingerprint density at radius 3 is 2.32 bits per heavy atom. The van der Waals surface area contributed by atoms with E-state index in [9.17, 15) is 13.2 Å². The Balaban J connectivity index is 1.60. The molecule has 1 aliphatic heterocycles. The third-order valence-corrected chi connectivity index (χ3v) is 6.23. The Morgan fingerprint density at radius 1 is 1.09 bits per heavy atom. The minimum atomic E-state index is -3.05. The largest absolute Gasteiger partial charge is 0.355 e. The summed E-state index contributed by atoms with van der Waals surface area (Å²) in [4.78, 5) is 14.0. The Bertz CT molecular complexity index is 460. The maximum Gasteiger partial charge on any atom is 0.221 e. The first-order chi connectivity index (χ1) is 10.4. The second-order valence-electron chi connectivity index (χ2n) is 7.13. The first kappa shape index (κ1) is 17.7. The van der Waals surface area contributed by atoms with Gasteiger partial charge in [0.25, 0.3) is 0 Å². The zero-order valence-electron chi connectivity index (χ0n) is 13.8. The lowest BCUT2D eigenvalue weighted by molar-refractivity contribution is -0.120. The molecule has 1 spiro atoms. The van der Waals surface area contributed by atoms with Crippen LogP contribution in [-0.2, 0) is 14.6 Å². The Kier molecular flexibility index (Phi) is 6.26. The van der Waals surface area contributed by atoms with Crippen LogP contribution in [0.5, 0.6) is 0 Å². The van der Waals surface area contributed by atoms with Crippen LogP contribution in [0, 0.1) is 5.41 Å². The number of rotatable bonds is 6. The first-order valence-electron chi connectivity index (χ1n) is 8.55. The monoisotopic (exact) mass is 330 g/mol. The van der Waals surface area contributed by atoms with Crippen molar-refractivity contribution in [1.82, 2.24) is 10.2 Å². The van der Waals surface area contributed by atoms with Gasteiger partial charge in [-0.25, -0.2) is 8.42 Å². The van der Waals surface area contributed by atoms with Crippen LogP contribution in [0.4, 0.5) is 0 Å². The van der Waals surface area contributed by atoms with Crippen LogP contribution in [0.15, 0.2) is 0 Å². The summed E-state index contributed by atoms with van der Waals surface area (Å²) in [5, 5.41) is 2.83. The molecule has 0 unspecified atom stereocenters. The highest BCUT2D eigenvalue weighted by atomic mass is 32.2. The van der Waals surface area contributed by atoms with Crippen molar-refractivity contribution < 1.29 is 13.2 Å². The van der Waals surface area contributed by atoms with E-state index in [1.54, 1.807) is 0 Å². The number of nitrogens with one attached hydrogen (secondary N) is 1. The van der Waals surface area contributed by atoms with Crippen LogP contribution in [0.25, 0.3) is 0 Å². The topological polar surface area (TPSA) is 66.5 Å². The fourth-order valence-corrected chi connectivity index (χ4v) is 4.33. The number of hydrogen-bond donors (Lipinski definition) is 1. The lowest BCUT2D eigenvalue weighted by atomic mass is 9.68. The van der Waals surface area contributed by atoms with Crippen LogP contribution in [-0.4, -0.2) is 57.4 Å². The molecule has 0 atom stereocenters. The molecule has 0 aromatic rings.